The lowest BCUT2D eigenvalue weighted by molar-refractivity contribution is -0.142. The van der Waals surface area contributed by atoms with Gasteiger partial charge in [0.15, 0.2) is 0 Å². The predicted molar refractivity (Wildman–Crippen MR) is 88.0 cm³/mol. The molecule has 1 amide bonds. The van der Waals surface area contributed by atoms with E-state index in [-0.39, 0.29) is 12.5 Å². The van der Waals surface area contributed by atoms with Gasteiger partial charge in [-0.3, -0.25) is 4.79 Å². The lowest BCUT2D eigenvalue weighted by Gasteiger charge is -2.33. The van der Waals surface area contributed by atoms with E-state index in [4.69, 9.17) is 15.5 Å². The van der Waals surface area contributed by atoms with E-state index in [1.54, 1.807) is 11.3 Å². The summed E-state index contributed by atoms with van der Waals surface area (Å²) in [4.78, 5) is 18.9. The highest BCUT2D eigenvalue weighted by atomic mass is 32.1. The van der Waals surface area contributed by atoms with Gasteiger partial charge in [0.25, 0.3) is 5.91 Å². The first-order valence-electron chi connectivity index (χ1n) is 7.60. The Bertz CT molecular complexity index is 613. The van der Waals surface area contributed by atoms with Crippen LogP contribution in [-0.2, 0) is 9.53 Å². The second-order valence-electron chi connectivity index (χ2n) is 5.58. The average molecular weight is 319 g/mol. The van der Waals surface area contributed by atoms with Gasteiger partial charge in [-0.15, -0.1) is 11.3 Å². The summed E-state index contributed by atoms with van der Waals surface area (Å²) in [5, 5.41) is 1.19. The van der Waals surface area contributed by atoms with Crippen LogP contribution in [0.25, 0.3) is 10.2 Å². The highest BCUT2D eigenvalue weighted by Gasteiger charge is 2.29. The number of para-hydroxylation sites is 1. The molecule has 1 aromatic heterocycles. The molecule has 0 aliphatic carbocycles. The largest absolute Gasteiger partial charge is 0.370 e. The Morgan fingerprint density at radius 3 is 2.82 bits per heavy atom. The summed E-state index contributed by atoms with van der Waals surface area (Å²) in [6.07, 6.45) is 1.39. The molecule has 2 heterocycles. The number of nitrogens with two attached hydrogens (primary N) is 1. The van der Waals surface area contributed by atoms with Crippen LogP contribution in [0, 0.1) is 0 Å². The van der Waals surface area contributed by atoms with E-state index in [9.17, 15) is 4.79 Å². The number of nitrogens with zero attached hydrogens (tertiary/aromatic N) is 2. The summed E-state index contributed by atoms with van der Waals surface area (Å²) >= 11 is 1.77. The number of aromatic nitrogens is 1. The predicted octanol–water partition coefficient (Wildman–Crippen LogP) is 1.98. The zero-order chi connectivity index (χ0) is 15.5. The van der Waals surface area contributed by atoms with Crippen LogP contribution in [0.4, 0.5) is 0 Å². The first-order valence-corrected chi connectivity index (χ1v) is 8.41. The van der Waals surface area contributed by atoms with Gasteiger partial charge in [-0.05, 0) is 25.0 Å². The zero-order valence-electron chi connectivity index (χ0n) is 12.7. The van der Waals surface area contributed by atoms with Crippen LogP contribution in [0.3, 0.4) is 0 Å². The third-order valence-electron chi connectivity index (χ3n) is 4.24. The number of hydrogen-bond acceptors (Lipinski definition) is 5. The molecule has 22 heavy (non-hydrogen) atoms. The van der Waals surface area contributed by atoms with Crippen LogP contribution >= 0.6 is 11.3 Å². The van der Waals surface area contributed by atoms with Crippen LogP contribution < -0.4 is 5.73 Å². The number of rotatable bonds is 4. The molecule has 2 aromatic rings. The number of hydrogen-bond donors (Lipinski definition) is 1. The quantitative estimate of drug-likeness (QED) is 0.935. The number of piperidine rings is 1. The summed E-state index contributed by atoms with van der Waals surface area (Å²) in [7, 11) is 1.53. The Morgan fingerprint density at radius 2 is 2.18 bits per heavy atom. The van der Waals surface area contributed by atoms with Crippen LogP contribution in [-0.4, -0.2) is 48.6 Å². The van der Waals surface area contributed by atoms with Crippen molar-refractivity contribution < 1.29 is 9.53 Å². The molecule has 1 aliphatic rings. The molecule has 1 aliphatic heterocycles. The zero-order valence-corrected chi connectivity index (χ0v) is 13.5. The van der Waals surface area contributed by atoms with E-state index in [0.717, 1.165) is 31.4 Å². The van der Waals surface area contributed by atoms with E-state index in [1.165, 1.54) is 16.8 Å². The molecule has 1 saturated heterocycles. The normalized spacial score (nSPS) is 17.8. The first kappa shape index (κ1) is 15.4. The first-order chi connectivity index (χ1) is 10.7. The van der Waals surface area contributed by atoms with Crippen LogP contribution in [0.1, 0.15) is 23.8 Å². The molecule has 0 spiro atoms. The number of likely N-dealkylation sites (tertiary alicyclic amines) is 1. The molecule has 2 N–H and O–H groups in total. The molecule has 1 fully saturated rings. The van der Waals surface area contributed by atoms with Gasteiger partial charge in [-0.25, -0.2) is 4.98 Å². The van der Waals surface area contributed by atoms with Crippen molar-refractivity contribution in [3.63, 3.8) is 0 Å². The number of thiazole rings is 1. The molecular formula is C16H21N3O2S. The standard InChI is InChI=1S/C16H21N3O2S/c1-21-13(10-17)16(20)19-8-6-11(7-9-19)15-18-12-4-2-3-5-14(12)22-15/h2-5,11,13H,6-10,17H2,1H3. The third kappa shape index (κ3) is 2.99. The molecule has 0 bridgehead atoms. The van der Waals surface area contributed by atoms with Crippen molar-refractivity contribution in [2.24, 2.45) is 5.73 Å². The van der Waals surface area contributed by atoms with Gasteiger partial charge >= 0.3 is 0 Å². The highest BCUT2D eigenvalue weighted by molar-refractivity contribution is 7.18. The number of ether oxygens (including phenoxy) is 1. The Balaban J connectivity index is 1.65. The van der Waals surface area contributed by atoms with Gasteiger partial charge in [0.2, 0.25) is 0 Å². The fourth-order valence-electron chi connectivity index (χ4n) is 2.91. The minimum absolute atomic E-state index is 0.00718. The maximum Gasteiger partial charge on any atom is 0.253 e. The summed E-state index contributed by atoms with van der Waals surface area (Å²) in [5.74, 6) is 0.452. The number of fused-ring (bicyclic) bond motifs is 1. The number of methoxy groups -OCH3 is 1. The second kappa shape index (κ2) is 6.73. The maximum absolute atomic E-state index is 12.3. The topological polar surface area (TPSA) is 68.5 Å². The van der Waals surface area contributed by atoms with Crippen molar-refractivity contribution in [1.29, 1.82) is 0 Å². The lowest BCUT2D eigenvalue weighted by Crippen LogP contribution is -2.46. The van der Waals surface area contributed by atoms with E-state index in [1.807, 2.05) is 17.0 Å². The minimum atomic E-state index is -0.515. The Hall–Kier alpha value is -1.50. The third-order valence-corrected chi connectivity index (χ3v) is 5.44. The van der Waals surface area contributed by atoms with E-state index in [0.29, 0.717) is 5.92 Å². The Labute approximate surface area is 134 Å². The van der Waals surface area contributed by atoms with E-state index >= 15 is 0 Å². The van der Waals surface area contributed by atoms with Crippen LogP contribution in [0.5, 0.6) is 0 Å². The van der Waals surface area contributed by atoms with Crippen molar-refractivity contribution in [2.45, 2.75) is 24.9 Å². The minimum Gasteiger partial charge on any atom is -0.370 e. The van der Waals surface area contributed by atoms with Crippen LogP contribution in [0.15, 0.2) is 24.3 Å². The molecule has 118 valence electrons. The number of carbonyl (C=O) groups is 1. The number of amides is 1. The molecule has 1 aromatic carbocycles. The molecule has 0 radical (unpaired) electrons. The van der Waals surface area contributed by atoms with Crippen molar-refractivity contribution in [1.82, 2.24) is 9.88 Å². The molecule has 0 saturated carbocycles. The van der Waals surface area contributed by atoms with Gasteiger partial charge in [0, 0.05) is 32.7 Å². The van der Waals surface area contributed by atoms with Crippen molar-refractivity contribution in [3.05, 3.63) is 29.3 Å². The van der Waals surface area contributed by atoms with Gasteiger partial charge in [0.05, 0.1) is 15.2 Å². The molecular weight excluding hydrogens is 298 g/mol. The highest BCUT2D eigenvalue weighted by Crippen LogP contribution is 2.33. The Kier molecular flexibility index (Phi) is 4.71. The number of carbonyl (C=O) groups excluding carboxylic acids is 1. The summed E-state index contributed by atoms with van der Waals surface area (Å²) in [6.45, 7) is 1.73. The molecule has 5 nitrogen and oxygen atoms in total. The van der Waals surface area contributed by atoms with Crippen molar-refractivity contribution in [3.8, 4) is 0 Å². The van der Waals surface area contributed by atoms with Crippen LogP contribution in [0.2, 0.25) is 0 Å². The van der Waals surface area contributed by atoms with Gasteiger partial charge < -0.3 is 15.4 Å². The maximum atomic E-state index is 12.3. The fraction of sp³-hybridized carbons (Fsp3) is 0.500. The summed E-state index contributed by atoms with van der Waals surface area (Å²) < 4.78 is 6.37. The fourth-order valence-corrected chi connectivity index (χ4v) is 4.05. The SMILES string of the molecule is COC(CN)C(=O)N1CCC(c2nc3ccccc3s2)CC1. The molecule has 3 rings (SSSR count). The Morgan fingerprint density at radius 1 is 1.45 bits per heavy atom. The van der Waals surface area contributed by atoms with Gasteiger partial charge in [0.1, 0.15) is 6.10 Å². The van der Waals surface area contributed by atoms with E-state index in [2.05, 4.69) is 12.1 Å². The van der Waals surface area contributed by atoms with E-state index < -0.39 is 6.10 Å². The number of benzene rings is 1. The second-order valence-corrected chi connectivity index (χ2v) is 6.64. The van der Waals surface area contributed by atoms with Gasteiger partial charge in [-0.1, -0.05) is 12.1 Å². The smallest absolute Gasteiger partial charge is 0.253 e. The van der Waals surface area contributed by atoms with Crippen molar-refractivity contribution >= 4 is 27.5 Å². The summed E-state index contributed by atoms with van der Waals surface area (Å²) in [6, 6.07) is 8.23. The monoisotopic (exact) mass is 319 g/mol. The summed E-state index contributed by atoms with van der Waals surface area (Å²) in [5.41, 5.74) is 6.64. The molecule has 6 heteroatoms. The lowest BCUT2D eigenvalue weighted by atomic mass is 9.97. The molecule has 1 unspecified atom stereocenters. The van der Waals surface area contributed by atoms with Gasteiger partial charge in [-0.2, -0.15) is 0 Å². The van der Waals surface area contributed by atoms with Crippen molar-refractivity contribution in [2.75, 3.05) is 26.7 Å². The average Bonchev–Trinajstić information content (AvgIpc) is 3.00. The molecule has 1 atom stereocenters.